The lowest BCUT2D eigenvalue weighted by Crippen LogP contribution is -2.22. The second kappa shape index (κ2) is 7.21. The van der Waals surface area contributed by atoms with Crippen LogP contribution in [0.4, 0.5) is 0 Å². The Kier molecular flexibility index (Phi) is 5.16. The van der Waals surface area contributed by atoms with Gasteiger partial charge in [0, 0.05) is 5.02 Å². The molecule has 0 fully saturated rings. The van der Waals surface area contributed by atoms with Gasteiger partial charge < -0.3 is 0 Å². The number of hydrogen-bond acceptors (Lipinski definition) is 4. The Bertz CT molecular complexity index is 1140. The van der Waals surface area contributed by atoms with Gasteiger partial charge in [0.15, 0.2) is 9.84 Å². The van der Waals surface area contributed by atoms with Crippen molar-refractivity contribution in [3.05, 3.63) is 69.2 Å². The number of rotatable bonds is 5. The van der Waals surface area contributed by atoms with E-state index in [0.717, 1.165) is 12.0 Å². The van der Waals surface area contributed by atoms with E-state index in [1.54, 1.807) is 19.1 Å². The third kappa shape index (κ3) is 3.52. The lowest BCUT2D eigenvalue weighted by molar-refractivity contribution is 0.595. The first-order valence-electron chi connectivity index (χ1n) is 8.35. The van der Waals surface area contributed by atoms with Crippen LogP contribution in [0.3, 0.4) is 0 Å². The average molecular weight is 391 g/mol. The van der Waals surface area contributed by atoms with E-state index in [0.29, 0.717) is 21.5 Å². The van der Waals surface area contributed by atoms with Crippen LogP contribution < -0.4 is 5.56 Å². The number of nitrogens with zero attached hydrogens (tertiary/aromatic N) is 2. The normalized spacial score (nSPS) is 11.8. The molecule has 0 aliphatic heterocycles. The third-order valence-corrected chi connectivity index (χ3v) is 6.44. The Morgan fingerprint density at radius 2 is 1.88 bits per heavy atom. The highest BCUT2D eigenvalue weighted by molar-refractivity contribution is 7.91. The molecule has 0 aliphatic carbocycles. The van der Waals surface area contributed by atoms with Crippen LogP contribution in [0, 0.1) is 0 Å². The zero-order valence-electron chi connectivity index (χ0n) is 14.6. The Labute approximate surface area is 157 Å². The van der Waals surface area contributed by atoms with E-state index in [2.05, 4.69) is 4.98 Å². The molecule has 7 heteroatoms. The predicted octanol–water partition coefficient (Wildman–Crippen LogP) is 3.45. The summed E-state index contributed by atoms with van der Waals surface area (Å²) in [7, 11) is -3.43. The molecule has 5 nitrogen and oxygen atoms in total. The molecule has 3 aromatic rings. The lowest BCUT2D eigenvalue weighted by atomic mass is 10.1. The first-order valence-corrected chi connectivity index (χ1v) is 10.4. The molecule has 2 aromatic carbocycles. The molecule has 0 amide bonds. The minimum Gasteiger partial charge on any atom is -0.294 e. The van der Waals surface area contributed by atoms with E-state index in [1.807, 2.05) is 25.1 Å². The maximum atomic E-state index is 12.9. The number of aromatic nitrogens is 2. The highest BCUT2D eigenvalue weighted by atomic mass is 35.5. The summed E-state index contributed by atoms with van der Waals surface area (Å²) in [6, 6.07) is 10.2. The number of aryl methyl sites for hydroxylation is 1. The first-order chi connectivity index (χ1) is 12.4. The van der Waals surface area contributed by atoms with Crippen LogP contribution in [0.5, 0.6) is 0 Å². The number of halogens is 1. The molecule has 3 rings (SSSR count). The molecule has 136 valence electrons. The van der Waals surface area contributed by atoms with Crippen molar-refractivity contribution in [2.75, 3.05) is 5.75 Å². The van der Waals surface area contributed by atoms with E-state index in [9.17, 15) is 13.2 Å². The second-order valence-corrected chi connectivity index (χ2v) is 8.72. The zero-order chi connectivity index (χ0) is 18.9. The summed E-state index contributed by atoms with van der Waals surface area (Å²) < 4.78 is 26.1. The number of fused-ring (bicyclic) bond motifs is 1. The van der Waals surface area contributed by atoms with Gasteiger partial charge in [-0.25, -0.2) is 13.4 Å². The standard InChI is InChI=1S/C19H19ClN2O3S/c1-3-13-5-7-17-16(9-13)19(23)22(12-21-17)11-14-10-15(20)6-8-18(14)26(24,25)4-2/h5-10,12H,3-4,11H2,1-2H3. The smallest absolute Gasteiger partial charge is 0.261 e. The van der Waals surface area contributed by atoms with Crippen LogP contribution in [-0.4, -0.2) is 23.7 Å². The first kappa shape index (κ1) is 18.6. The molecule has 0 saturated carbocycles. The average Bonchev–Trinajstić information content (AvgIpc) is 2.63. The van der Waals surface area contributed by atoms with Crippen molar-refractivity contribution in [1.29, 1.82) is 0 Å². The fraction of sp³-hybridized carbons (Fsp3) is 0.263. The molecule has 0 atom stereocenters. The van der Waals surface area contributed by atoms with Gasteiger partial charge in [-0.3, -0.25) is 9.36 Å². The van der Waals surface area contributed by atoms with E-state index in [4.69, 9.17) is 11.6 Å². The minimum atomic E-state index is -3.43. The van der Waals surface area contributed by atoms with Crippen molar-refractivity contribution in [3.8, 4) is 0 Å². The zero-order valence-corrected chi connectivity index (χ0v) is 16.1. The Hall–Kier alpha value is -2.18. The van der Waals surface area contributed by atoms with Crippen molar-refractivity contribution in [3.63, 3.8) is 0 Å². The van der Waals surface area contributed by atoms with E-state index >= 15 is 0 Å². The molecule has 0 spiro atoms. The summed E-state index contributed by atoms with van der Waals surface area (Å²) in [6.07, 6.45) is 2.26. The molecule has 0 bridgehead atoms. The van der Waals surface area contributed by atoms with E-state index in [1.165, 1.54) is 17.0 Å². The Morgan fingerprint density at radius 3 is 2.58 bits per heavy atom. The monoisotopic (exact) mass is 390 g/mol. The molecular weight excluding hydrogens is 372 g/mol. The Balaban J connectivity index is 2.14. The van der Waals surface area contributed by atoms with Crippen molar-refractivity contribution >= 4 is 32.3 Å². The van der Waals surface area contributed by atoms with Crippen LogP contribution in [0.25, 0.3) is 10.9 Å². The molecule has 0 saturated heterocycles. The molecule has 1 heterocycles. The van der Waals surface area contributed by atoms with Crippen LogP contribution >= 0.6 is 11.6 Å². The van der Waals surface area contributed by atoms with E-state index < -0.39 is 9.84 Å². The van der Waals surface area contributed by atoms with Gasteiger partial charge in [0.25, 0.3) is 5.56 Å². The molecule has 0 radical (unpaired) electrons. The maximum absolute atomic E-state index is 12.9. The van der Waals surface area contributed by atoms with Gasteiger partial charge in [-0.15, -0.1) is 0 Å². The number of benzene rings is 2. The van der Waals surface area contributed by atoms with Gasteiger partial charge in [0.2, 0.25) is 0 Å². The van der Waals surface area contributed by atoms with Crippen molar-refractivity contribution in [1.82, 2.24) is 9.55 Å². The van der Waals surface area contributed by atoms with Crippen LogP contribution in [0.1, 0.15) is 25.0 Å². The molecule has 0 N–H and O–H groups in total. The van der Waals surface area contributed by atoms with Gasteiger partial charge in [0.05, 0.1) is 34.4 Å². The van der Waals surface area contributed by atoms with Crippen molar-refractivity contribution in [2.24, 2.45) is 0 Å². The fourth-order valence-electron chi connectivity index (χ4n) is 2.85. The van der Waals surface area contributed by atoms with E-state index in [-0.39, 0.29) is 22.8 Å². The molecular formula is C19H19ClN2O3S. The topological polar surface area (TPSA) is 69.0 Å². The van der Waals surface area contributed by atoms with Gasteiger partial charge in [-0.2, -0.15) is 0 Å². The van der Waals surface area contributed by atoms with Gasteiger partial charge >= 0.3 is 0 Å². The van der Waals surface area contributed by atoms with Crippen LogP contribution in [0.2, 0.25) is 5.02 Å². The minimum absolute atomic E-state index is 0.0215. The second-order valence-electron chi connectivity index (χ2n) is 6.04. The third-order valence-electron chi connectivity index (χ3n) is 4.38. The van der Waals surface area contributed by atoms with Gasteiger partial charge in [-0.1, -0.05) is 31.5 Å². The lowest BCUT2D eigenvalue weighted by Gasteiger charge is -2.12. The fourth-order valence-corrected chi connectivity index (χ4v) is 4.16. The molecule has 1 aromatic heterocycles. The quantitative estimate of drug-likeness (QED) is 0.669. The summed E-state index contributed by atoms with van der Waals surface area (Å²) in [5, 5.41) is 0.943. The highest BCUT2D eigenvalue weighted by Gasteiger charge is 2.18. The van der Waals surface area contributed by atoms with Crippen LogP contribution in [0.15, 0.2) is 52.4 Å². The van der Waals surface area contributed by atoms with Crippen molar-refractivity contribution in [2.45, 2.75) is 31.7 Å². The molecule has 0 aliphatic rings. The summed E-state index contributed by atoms with van der Waals surface area (Å²) in [4.78, 5) is 17.4. The van der Waals surface area contributed by atoms with Crippen LogP contribution in [-0.2, 0) is 22.8 Å². The SMILES string of the molecule is CCc1ccc2ncn(Cc3cc(Cl)ccc3S(=O)(=O)CC)c(=O)c2c1. The van der Waals surface area contributed by atoms with Gasteiger partial charge in [0.1, 0.15) is 0 Å². The van der Waals surface area contributed by atoms with Gasteiger partial charge in [-0.05, 0) is 47.9 Å². The molecule has 0 unspecified atom stereocenters. The highest BCUT2D eigenvalue weighted by Crippen LogP contribution is 2.22. The molecule has 26 heavy (non-hydrogen) atoms. The Morgan fingerprint density at radius 1 is 1.12 bits per heavy atom. The summed E-state index contributed by atoms with van der Waals surface area (Å²) in [5.41, 5.74) is 1.95. The maximum Gasteiger partial charge on any atom is 0.261 e. The summed E-state index contributed by atoms with van der Waals surface area (Å²) >= 11 is 6.05. The summed E-state index contributed by atoms with van der Waals surface area (Å²) in [5.74, 6) is -0.0215. The predicted molar refractivity (Wildman–Crippen MR) is 104 cm³/mol. The largest absolute Gasteiger partial charge is 0.294 e. The summed E-state index contributed by atoms with van der Waals surface area (Å²) in [6.45, 7) is 3.70. The van der Waals surface area contributed by atoms with Crippen molar-refractivity contribution < 1.29 is 8.42 Å². The number of hydrogen-bond donors (Lipinski definition) is 0. The number of sulfone groups is 1.